The minimum atomic E-state index is -0.650. The van der Waals surface area contributed by atoms with Crippen LogP contribution in [0.3, 0.4) is 0 Å². The molecule has 1 unspecified atom stereocenters. The van der Waals surface area contributed by atoms with Crippen molar-refractivity contribution in [3.8, 4) is 0 Å². The van der Waals surface area contributed by atoms with E-state index in [-0.39, 0.29) is 17.6 Å². The Balaban J connectivity index is 2.34. The van der Waals surface area contributed by atoms with E-state index >= 15 is 0 Å². The first kappa shape index (κ1) is 11.6. The summed E-state index contributed by atoms with van der Waals surface area (Å²) in [6.07, 6.45) is 3.48. The quantitative estimate of drug-likeness (QED) is 0.529. The molecular formula is C10H17ClO3. The fourth-order valence-electron chi connectivity index (χ4n) is 1.94. The normalized spacial score (nSPS) is 25.5. The van der Waals surface area contributed by atoms with E-state index in [1.807, 2.05) is 0 Å². The smallest absolute Gasteiger partial charge is 0.431 e. The van der Waals surface area contributed by atoms with E-state index < -0.39 is 6.16 Å². The van der Waals surface area contributed by atoms with Crippen LogP contribution in [0.25, 0.3) is 0 Å². The van der Waals surface area contributed by atoms with E-state index in [0.717, 1.165) is 19.3 Å². The van der Waals surface area contributed by atoms with Crippen LogP contribution in [0.2, 0.25) is 0 Å². The van der Waals surface area contributed by atoms with Crippen molar-refractivity contribution < 1.29 is 14.3 Å². The van der Waals surface area contributed by atoms with E-state index in [2.05, 4.69) is 18.6 Å². The van der Waals surface area contributed by atoms with E-state index in [0.29, 0.717) is 0 Å². The van der Waals surface area contributed by atoms with Crippen LogP contribution in [0.1, 0.15) is 39.5 Å². The van der Waals surface area contributed by atoms with E-state index in [1.165, 1.54) is 6.42 Å². The van der Waals surface area contributed by atoms with Gasteiger partial charge >= 0.3 is 6.16 Å². The lowest BCUT2D eigenvalue weighted by molar-refractivity contribution is -0.00239. The van der Waals surface area contributed by atoms with Gasteiger partial charge in [-0.15, -0.1) is 0 Å². The molecule has 3 nitrogen and oxygen atoms in total. The third kappa shape index (κ3) is 3.74. The van der Waals surface area contributed by atoms with Gasteiger partial charge in [-0.1, -0.05) is 25.4 Å². The highest BCUT2D eigenvalue weighted by atomic mass is 35.5. The lowest BCUT2D eigenvalue weighted by Gasteiger charge is -2.34. The summed E-state index contributed by atoms with van der Waals surface area (Å²) in [5, 5.41) is 0. The van der Waals surface area contributed by atoms with Crippen molar-refractivity contribution in [3.63, 3.8) is 0 Å². The van der Waals surface area contributed by atoms with Crippen LogP contribution in [-0.2, 0) is 9.47 Å². The Bertz CT molecular complexity index is 204. The molecule has 1 fully saturated rings. The summed E-state index contributed by atoms with van der Waals surface area (Å²) in [6, 6.07) is -0.144. The summed E-state index contributed by atoms with van der Waals surface area (Å²) < 4.78 is 9.64. The highest BCUT2D eigenvalue weighted by Gasteiger charge is 2.30. The molecule has 0 heterocycles. The third-order valence-electron chi connectivity index (χ3n) is 2.60. The summed E-state index contributed by atoms with van der Waals surface area (Å²) >= 11 is 5.25. The van der Waals surface area contributed by atoms with Gasteiger partial charge in [0.2, 0.25) is 0 Å². The van der Waals surface area contributed by atoms with Crippen molar-refractivity contribution in [2.75, 3.05) is 6.07 Å². The summed E-state index contributed by atoms with van der Waals surface area (Å²) in [5.74, 6) is 0. The Hall–Kier alpha value is -0.440. The number of carbonyl (C=O) groups is 1. The van der Waals surface area contributed by atoms with Crippen molar-refractivity contribution in [1.82, 2.24) is 0 Å². The zero-order chi connectivity index (χ0) is 10.6. The van der Waals surface area contributed by atoms with Crippen molar-refractivity contribution in [2.45, 2.75) is 45.6 Å². The van der Waals surface area contributed by atoms with E-state index in [4.69, 9.17) is 16.3 Å². The second kappa shape index (κ2) is 4.87. The molecule has 1 saturated carbocycles. The van der Waals surface area contributed by atoms with Gasteiger partial charge in [-0.05, 0) is 31.1 Å². The summed E-state index contributed by atoms with van der Waals surface area (Å²) in [4.78, 5) is 11.0. The first-order valence-electron chi connectivity index (χ1n) is 4.93. The molecular weight excluding hydrogens is 204 g/mol. The Morgan fingerprint density at radius 3 is 2.86 bits per heavy atom. The largest absolute Gasteiger partial charge is 0.509 e. The number of halogens is 1. The molecule has 4 heteroatoms. The molecule has 0 bridgehead atoms. The highest BCUT2D eigenvalue weighted by molar-refractivity contribution is 6.17. The van der Waals surface area contributed by atoms with Crippen LogP contribution in [-0.4, -0.2) is 18.3 Å². The van der Waals surface area contributed by atoms with Crippen LogP contribution >= 0.6 is 11.6 Å². The first-order chi connectivity index (χ1) is 6.53. The fraction of sp³-hybridized carbons (Fsp3) is 0.900. The van der Waals surface area contributed by atoms with Gasteiger partial charge in [-0.3, -0.25) is 0 Å². The molecule has 0 N–H and O–H groups in total. The van der Waals surface area contributed by atoms with Crippen molar-refractivity contribution in [1.29, 1.82) is 0 Å². The van der Waals surface area contributed by atoms with Crippen LogP contribution in [0, 0.1) is 5.41 Å². The predicted molar refractivity (Wildman–Crippen MR) is 54.3 cm³/mol. The molecule has 0 spiro atoms. The van der Waals surface area contributed by atoms with Gasteiger partial charge in [0.05, 0.1) is 0 Å². The van der Waals surface area contributed by atoms with Gasteiger partial charge in [0, 0.05) is 0 Å². The van der Waals surface area contributed by atoms with E-state index in [9.17, 15) is 4.79 Å². The molecule has 0 aromatic rings. The second-order valence-corrected chi connectivity index (χ2v) is 4.72. The van der Waals surface area contributed by atoms with Crippen molar-refractivity contribution in [3.05, 3.63) is 0 Å². The van der Waals surface area contributed by atoms with Crippen molar-refractivity contribution >= 4 is 17.8 Å². The summed E-state index contributed by atoms with van der Waals surface area (Å²) in [5.41, 5.74) is 0.268. The van der Waals surface area contributed by atoms with Gasteiger partial charge in [0.25, 0.3) is 0 Å². The van der Waals surface area contributed by atoms with Crippen LogP contribution in [0.4, 0.5) is 4.79 Å². The molecule has 1 aliphatic rings. The number of hydrogen-bond donors (Lipinski definition) is 0. The lowest BCUT2D eigenvalue weighted by Crippen LogP contribution is -2.30. The Kier molecular flexibility index (Phi) is 4.05. The average Bonchev–Trinajstić information content (AvgIpc) is 2.02. The second-order valence-electron chi connectivity index (χ2n) is 4.50. The summed E-state index contributed by atoms with van der Waals surface area (Å²) in [6.45, 7) is 4.38. The molecule has 1 aliphatic carbocycles. The highest BCUT2D eigenvalue weighted by Crippen LogP contribution is 2.36. The van der Waals surface area contributed by atoms with Gasteiger partial charge in [0.15, 0.2) is 6.07 Å². The third-order valence-corrected chi connectivity index (χ3v) is 2.70. The Labute approximate surface area is 89.7 Å². The Morgan fingerprint density at radius 2 is 2.29 bits per heavy atom. The number of carbonyl (C=O) groups excluding carboxylic acids is 1. The minimum Gasteiger partial charge on any atom is -0.431 e. The molecule has 82 valence electrons. The average molecular weight is 221 g/mol. The molecule has 0 amide bonds. The summed E-state index contributed by atoms with van der Waals surface area (Å²) in [7, 11) is 0. The maximum absolute atomic E-state index is 11.0. The van der Waals surface area contributed by atoms with Gasteiger partial charge in [-0.25, -0.2) is 4.79 Å². The van der Waals surface area contributed by atoms with Crippen LogP contribution in [0.15, 0.2) is 0 Å². The monoisotopic (exact) mass is 220 g/mol. The number of hydrogen-bond acceptors (Lipinski definition) is 3. The van der Waals surface area contributed by atoms with E-state index in [1.54, 1.807) is 0 Å². The molecule has 0 aromatic heterocycles. The zero-order valence-corrected chi connectivity index (χ0v) is 9.47. The SMILES string of the molecule is CC1(C)CCCC(OC(=O)OCCl)C1. The fourth-order valence-corrected chi connectivity index (χ4v) is 2.03. The van der Waals surface area contributed by atoms with Crippen LogP contribution in [0.5, 0.6) is 0 Å². The molecule has 0 aromatic carbocycles. The number of alkyl halides is 1. The zero-order valence-electron chi connectivity index (χ0n) is 8.72. The predicted octanol–water partition coefficient (Wildman–Crippen LogP) is 3.30. The Morgan fingerprint density at radius 1 is 1.57 bits per heavy atom. The topological polar surface area (TPSA) is 35.5 Å². The molecule has 14 heavy (non-hydrogen) atoms. The molecule has 0 radical (unpaired) electrons. The van der Waals surface area contributed by atoms with Gasteiger partial charge < -0.3 is 9.47 Å². The molecule has 0 aliphatic heterocycles. The first-order valence-corrected chi connectivity index (χ1v) is 5.46. The minimum absolute atomic E-state index is 0.00512. The molecule has 1 atom stereocenters. The standard InChI is InChI=1S/C10H17ClO3/c1-10(2)5-3-4-8(6-10)14-9(12)13-7-11/h8H,3-7H2,1-2H3. The van der Waals surface area contributed by atoms with Crippen molar-refractivity contribution in [2.24, 2.45) is 5.41 Å². The lowest BCUT2D eigenvalue weighted by atomic mass is 9.76. The molecule has 0 saturated heterocycles. The van der Waals surface area contributed by atoms with Gasteiger partial charge in [0.1, 0.15) is 6.10 Å². The molecule has 1 rings (SSSR count). The number of ether oxygens (including phenoxy) is 2. The maximum Gasteiger partial charge on any atom is 0.509 e. The van der Waals surface area contributed by atoms with Crippen LogP contribution < -0.4 is 0 Å². The maximum atomic E-state index is 11.0. The van der Waals surface area contributed by atoms with Gasteiger partial charge in [-0.2, -0.15) is 0 Å². The number of rotatable bonds is 2.